The van der Waals surface area contributed by atoms with Gasteiger partial charge >= 0.3 is 5.97 Å². The van der Waals surface area contributed by atoms with Crippen molar-refractivity contribution in [3.8, 4) is 33.4 Å². The molecule has 0 spiro atoms. The third-order valence-corrected chi connectivity index (χ3v) is 7.78. The molecule has 10 heteroatoms. The standard InChI is InChI=1S/C33H36FNO7S/c1-33(2,3)42-30(37)21-38-16-17-40-27-19-35(20-27)14-15-39-25-9-11-26(12-10-25)41-31-28-13-8-24(36)18-29(28)43-32(31)22-4-6-23(34)7-5-22/h4-13,18,27,36H,14-17,19-21H2,1-3H3. The molecule has 1 fully saturated rings. The zero-order valence-corrected chi connectivity index (χ0v) is 25.3. The molecule has 0 bridgehead atoms. The van der Waals surface area contributed by atoms with Gasteiger partial charge in [0, 0.05) is 29.7 Å². The van der Waals surface area contributed by atoms with Crippen molar-refractivity contribution in [2.45, 2.75) is 32.5 Å². The molecule has 0 atom stereocenters. The molecule has 1 N–H and O–H groups in total. The number of hydrogen-bond acceptors (Lipinski definition) is 9. The maximum atomic E-state index is 13.5. The number of thiophene rings is 1. The number of phenols is 1. The maximum absolute atomic E-state index is 13.5. The van der Waals surface area contributed by atoms with E-state index in [9.17, 15) is 14.3 Å². The van der Waals surface area contributed by atoms with Crippen molar-refractivity contribution >= 4 is 27.4 Å². The molecule has 3 aromatic carbocycles. The Kier molecular flexibility index (Phi) is 9.82. The number of ether oxygens (including phenoxy) is 5. The molecule has 8 nitrogen and oxygen atoms in total. The SMILES string of the molecule is CC(C)(C)OC(=O)COCCOC1CN(CCOc2ccc(Oc3c(-c4ccc(F)cc4)sc4cc(O)ccc34)cc2)C1. The van der Waals surface area contributed by atoms with Crippen molar-refractivity contribution in [1.82, 2.24) is 4.90 Å². The fourth-order valence-corrected chi connectivity index (χ4v) is 5.75. The summed E-state index contributed by atoms with van der Waals surface area (Å²) < 4.78 is 43.0. The highest BCUT2D eigenvalue weighted by atomic mass is 32.1. The molecule has 0 unspecified atom stereocenters. The summed E-state index contributed by atoms with van der Waals surface area (Å²) in [7, 11) is 0. The predicted octanol–water partition coefficient (Wildman–Crippen LogP) is 6.64. The summed E-state index contributed by atoms with van der Waals surface area (Å²) in [6, 6.07) is 18.9. The summed E-state index contributed by atoms with van der Waals surface area (Å²) in [4.78, 5) is 14.7. The lowest BCUT2D eigenvalue weighted by Crippen LogP contribution is -2.53. The van der Waals surface area contributed by atoms with Crippen LogP contribution < -0.4 is 9.47 Å². The number of esters is 1. The van der Waals surface area contributed by atoms with Crippen LogP contribution in [0.3, 0.4) is 0 Å². The molecule has 228 valence electrons. The Morgan fingerprint density at radius 1 is 0.977 bits per heavy atom. The van der Waals surface area contributed by atoms with E-state index in [-0.39, 0.29) is 30.2 Å². The molecule has 0 saturated carbocycles. The van der Waals surface area contributed by atoms with Crippen molar-refractivity contribution in [2.75, 3.05) is 46.1 Å². The number of fused-ring (bicyclic) bond motifs is 1. The molecule has 1 aliphatic heterocycles. The zero-order valence-electron chi connectivity index (χ0n) is 24.5. The van der Waals surface area contributed by atoms with Crippen LogP contribution in [0.15, 0.2) is 66.7 Å². The second-order valence-electron chi connectivity index (χ2n) is 11.3. The van der Waals surface area contributed by atoms with Crippen LogP contribution >= 0.6 is 11.3 Å². The van der Waals surface area contributed by atoms with Crippen molar-refractivity contribution in [3.05, 3.63) is 72.5 Å². The molecule has 43 heavy (non-hydrogen) atoms. The average molecular weight is 610 g/mol. The number of nitrogens with zero attached hydrogens (tertiary/aromatic N) is 1. The van der Waals surface area contributed by atoms with Crippen LogP contribution in [0.5, 0.6) is 23.0 Å². The monoisotopic (exact) mass is 609 g/mol. The lowest BCUT2D eigenvalue weighted by atomic mass is 10.1. The van der Waals surface area contributed by atoms with Crippen LogP contribution in [0.25, 0.3) is 20.5 Å². The van der Waals surface area contributed by atoms with Gasteiger partial charge in [0.15, 0.2) is 5.75 Å². The number of halogens is 1. The average Bonchev–Trinajstić information content (AvgIpc) is 3.28. The third-order valence-electron chi connectivity index (χ3n) is 6.60. The van der Waals surface area contributed by atoms with Gasteiger partial charge in [0.2, 0.25) is 0 Å². The second-order valence-corrected chi connectivity index (χ2v) is 12.3. The molecule has 4 aromatic rings. The number of likely N-dealkylation sites (tertiary alicyclic amines) is 1. The van der Waals surface area contributed by atoms with Crippen LogP contribution in [0.2, 0.25) is 0 Å². The topological polar surface area (TPSA) is 86.7 Å². The van der Waals surface area contributed by atoms with Crippen molar-refractivity contribution < 1.29 is 38.0 Å². The van der Waals surface area contributed by atoms with E-state index < -0.39 is 5.60 Å². The van der Waals surface area contributed by atoms with Gasteiger partial charge < -0.3 is 28.8 Å². The van der Waals surface area contributed by atoms with E-state index in [1.54, 1.807) is 24.3 Å². The first kappa shape index (κ1) is 30.7. The highest BCUT2D eigenvalue weighted by molar-refractivity contribution is 7.22. The van der Waals surface area contributed by atoms with Gasteiger partial charge in [-0.3, -0.25) is 4.90 Å². The summed E-state index contributed by atoms with van der Waals surface area (Å²) in [5.41, 5.74) is 0.320. The van der Waals surface area contributed by atoms with E-state index in [0.29, 0.717) is 31.3 Å². The third kappa shape index (κ3) is 8.67. The molecular weight excluding hydrogens is 573 g/mol. The van der Waals surface area contributed by atoms with Crippen LogP contribution in [-0.2, 0) is 19.0 Å². The van der Waals surface area contributed by atoms with Gasteiger partial charge in [0.25, 0.3) is 0 Å². The van der Waals surface area contributed by atoms with E-state index in [4.69, 9.17) is 23.7 Å². The molecular formula is C33H36FNO7S. The highest BCUT2D eigenvalue weighted by Crippen LogP contribution is 2.47. The Bertz CT molecular complexity index is 1510. The zero-order chi connectivity index (χ0) is 30.4. The Balaban J connectivity index is 1.05. The van der Waals surface area contributed by atoms with Gasteiger partial charge in [-0.1, -0.05) is 12.1 Å². The summed E-state index contributed by atoms with van der Waals surface area (Å²) in [5, 5.41) is 10.8. The van der Waals surface area contributed by atoms with E-state index in [2.05, 4.69) is 4.90 Å². The van der Waals surface area contributed by atoms with Crippen molar-refractivity contribution in [1.29, 1.82) is 0 Å². The number of phenolic OH excluding ortho intramolecular Hbond substituents is 1. The summed E-state index contributed by atoms with van der Waals surface area (Å²) in [5.74, 6) is 1.53. The Hall–Kier alpha value is -3.70. The van der Waals surface area contributed by atoms with Crippen LogP contribution in [0.1, 0.15) is 20.8 Å². The van der Waals surface area contributed by atoms with Gasteiger partial charge in [-0.15, -0.1) is 11.3 Å². The molecule has 0 radical (unpaired) electrons. The van der Waals surface area contributed by atoms with Gasteiger partial charge in [-0.05, 0) is 80.9 Å². The minimum Gasteiger partial charge on any atom is -0.508 e. The number of rotatable bonds is 13. The summed E-state index contributed by atoms with van der Waals surface area (Å²) in [6.07, 6.45) is 0.151. The van der Waals surface area contributed by atoms with Crippen LogP contribution in [-0.4, -0.2) is 73.7 Å². The molecule has 0 amide bonds. The van der Waals surface area contributed by atoms with Crippen molar-refractivity contribution in [3.63, 3.8) is 0 Å². The van der Waals surface area contributed by atoms with Gasteiger partial charge in [0.05, 0.1) is 24.2 Å². The predicted molar refractivity (Wildman–Crippen MR) is 164 cm³/mol. The fourth-order valence-electron chi connectivity index (χ4n) is 4.58. The minimum absolute atomic E-state index is 0.0742. The Morgan fingerprint density at radius 2 is 1.70 bits per heavy atom. The molecule has 1 aliphatic rings. The Morgan fingerprint density at radius 3 is 2.42 bits per heavy atom. The number of hydrogen-bond donors (Lipinski definition) is 1. The first-order valence-electron chi connectivity index (χ1n) is 14.2. The lowest BCUT2D eigenvalue weighted by molar-refractivity contribution is -0.161. The minimum atomic E-state index is -0.515. The molecule has 5 rings (SSSR count). The van der Waals surface area contributed by atoms with Gasteiger partial charge in [0.1, 0.15) is 41.9 Å². The van der Waals surface area contributed by atoms with Crippen LogP contribution in [0, 0.1) is 5.82 Å². The Labute approximate surface area is 254 Å². The molecule has 1 aromatic heterocycles. The quantitative estimate of drug-likeness (QED) is 0.133. The van der Waals surface area contributed by atoms with Gasteiger partial charge in [-0.25, -0.2) is 9.18 Å². The van der Waals surface area contributed by atoms with Gasteiger partial charge in [-0.2, -0.15) is 0 Å². The van der Waals surface area contributed by atoms with E-state index in [0.717, 1.165) is 45.9 Å². The summed E-state index contributed by atoms with van der Waals surface area (Å²) >= 11 is 1.48. The molecule has 1 saturated heterocycles. The first-order chi connectivity index (χ1) is 20.6. The van der Waals surface area contributed by atoms with E-state index >= 15 is 0 Å². The number of benzene rings is 3. The number of carbonyl (C=O) groups is 1. The number of carbonyl (C=O) groups excluding carboxylic acids is 1. The highest BCUT2D eigenvalue weighted by Gasteiger charge is 2.27. The molecule has 2 heterocycles. The smallest absolute Gasteiger partial charge is 0.332 e. The van der Waals surface area contributed by atoms with Crippen molar-refractivity contribution in [2.24, 2.45) is 0 Å². The fraction of sp³-hybridized carbons (Fsp3) is 0.364. The summed E-state index contributed by atoms with van der Waals surface area (Å²) in [6.45, 7) is 9.14. The molecule has 0 aliphatic carbocycles. The van der Waals surface area contributed by atoms with Crippen LogP contribution in [0.4, 0.5) is 4.39 Å². The second kappa shape index (κ2) is 13.7. The maximum Gasteiger partial charge on any atom is 0.332 e. The largest absolute Gasteiger partial charge is 0.508 e. The van der Waals surface area contributed by atoms with E-state index in [1.807, 2.05) is 51.1 Å². The normalized spacial score (nSPS) is 14.0. The lowest BCUT2D eigenvalue weighted by Gasteiger charge is -2.38. The van der Waals surface area contributed by atoms with E-state index in [1.165, 1.54) is 23.5 Å². The first-order valence-corrected chi connectivity index (χ1v) is 15.0. The number of aromatic hydroxyl groups is 1.